The minimum atomic E-state index is -0.709. The van der Waals surface area contributed by atoms with E-state index in [1.165, 1.54) is 0 Å². The van der Waals surface area contributed by atoms with Gasteiger partial charge in [0, 0.05) is 12.1 Å². The largest absolute Gasteiger partial charge is 0.345 e. The van der Waals surface area contributed by atoms with E-state index < -0.39 is 5.79 Å². The lowest BCUT2D eigenvalue weighted by atomic mass is 9.83. The first-order valence-electron chi connectivity index (χ1n) is 9.19. The van der Waals surface area contributed by atoms with Gasteiger partial charge in [0.1, 0.15) is 0 Å². The zero-order chi connectivity index (χ0) is 19.3. The molecule has 1 aliphatic carbocycles. The molecular formula is C17H24N4O6. The minimum absolute atomic E-state index is 0.0997. The van der Waals surface area contributed by atoms with Gasteiger partial charge in [0.25, 0.3) is 0 Å². The summed E-state index contributed by atoms with van der Waals surface area (Å²) in [6.07, 6.45) is 0.809. The van der Waals surface area contributed by atoms with Crippen molar-refractivity contribution in [3.05, 3.63) is 0 Å². The van der Waals surface area contributed by atoms with Crippen LogP contribution >= 0.6 is 0 Å². The first-order valence-corrected chi connectivity index (χ1v) is 9.19. The summed E-state index contributed by atoms with van der Waals surface area (Å²) >= 11 is 0. The first kappa shape index (κ1) is 18.5. The Bertz CT molecular complexity index is 607. The average Bonchev–Trinajstić information content (AvgIpc) is 2.84. The van der Waals surface area contributed by atoms with Crippen LogP contribution in [0.3, 0.4) is 0 Å². The van der Waals surface area contributed by atoms with E-state index in [1.54, 1.807) is 0 Å². The molecule has 4 aliphatic rings. The van der Waals surface area contributed by atoms with Crippen LogP contribution in [0.1, 0.15) is 26.7 Å². The van der Waals surface area contributed by atoms with Gasteiger partial charge >= 0.3 is 0 Å². The zero-order valence-electron chi connectivity index (χ0n) is 15.4. The topological polar surface area (TPSA) is 117 Å². The van der Waals surface area contributed by atoms with Crippen LogP contribution in [0.25, 0.3) is 0 Å². The second-order valence-electron chi connectivity index (χ2n) is 8.07. The maximum absolute atomic E-state index is 11.9. The summed E-state index contributed by atoms with van der Waals surface area (Å²) in [4.78, 5) is 51.2. The van der Waals surface area contributed by atoms with E-state index in [-0.39, 0.29) is 74.1 Å². The van der Waals surface area contributed by atoms with Crippen LogP contribution in [-0.2, 0) is 28.7 Å². The number of carbonyl (C=O) groups is 4. The van der Waals surface area contributed by atoms with E-state index in [0.717, 1.165) is 0 Å². The van der Waals surface area contributed by atoms with E-state index in [9.17, 15) is 19.2 Å². The van der Waals surface area contributed by atoms with Crippen molar-refractivity contribution in [3.8, 4) is 0 Å². The molecule has 0 radical (unpaired) electrons. The molecular weight excluding hydrogens is 356 g/mol. The molecule has 4 unspecified atom stereocenters. The molecule has 3 aliphatic heterocycles. The van der Waals surface area contributed by atoms with Crippen molar-refractivity contribution in [1.82, 2.24) is 20.4 Å². The molecule has 4 amide bonds. The highest BCUT2D eigenvalue weighted by molar-refractivity contribution is 6.00. The quantitative estimate of drug-likeness (QED) is 0.526. The summed E-state index contributed by atoms with van der Waals surface area (Å²) in [5.74, 6) is -2.09. The molecule has 0 aromatic heterocycles. The molecule has 1 saturated carbocycles. The fourth-order valence-corrected chi connectivity index (χ4v) is 4.67. The predicted octanol–water partition coefficient (Wildman–Crippen LogP) is -2.05. The van der Waals surface area contributed by atoms with Gasteiger partial charge in [0.2, 0.25) is 23.6 Å². The Kier molecular flexibility index (Phi) is 4.53. The number of amides is 4. The third kappa shape index (κ3) is 3.75. The van der Waals surface area contributed by atoms with Crippen molar-refractivity contribution in [3.63, 3.8) is 0 Å². The van der Waals surface area contributed by atoms with Gasteiger partial charge in [-0.25, -0.2) is 0 Å². The van der Waals surface area contributed by atoms with Crippen molar-refractivity contribution >= 4 is 23.6 Å². The lowest BCUT2D eigenvalue weighted by Crippen LogP contribution is -2.66. The highest BCUT2D eigenvalue weighted by Crippen LogP contribution is 2.40. The van der Waals surface area contributed by atoms with Gasteiger partial charge in [-0.15, -0.1) is 0 Å². The Balaban J connectivity index is 1.60. The lowest BCUT2D eigenvalue weighted by Gasteiger charge is -2.48. The Hall–Kier alpha value is -1.88. The molecule has 27 heavy (non-hydrogen) atoms. The molecule has 3 heterocycles. The zero-order valence-corrected chi connectivity index (χ0v) is 15.4. The minimum Gasteiger partial charge on any atom is -0.345 e. The molecule has 10 nitrogen and oxygen atoms in total. The number of imide groups is 2. The van der Waals surface area contributed by atoms with Gasteiger partial charge < -0.3 is 9.47 Å². The van der Waals surface area contributed by atoms with Crippen molar-refractivity contribution in [2.24, 2.45) is 0 Å². The summed E-state index contributed by atoms with van der Waals surface area (Å²) in [5.41, 5.74) is 0. The molecule has 3 saturated heterocycles. The molecule has 4 atom stereocenters. The fourth-order valence-electron chi connectivity index (χ4n) is 4.67. The van der Waals surface area contributed by atoms with Gasteiger partial charge in [0.15, 0.2) is 5.79 Å². The summed E-state index contributed by atoms with van der Waals surface area (Å²) < 4.78 is 12.0. The highest BCUT2D eigenvalue weighted by atomic mass is 16.7. The van der Waals surface area contributed by atoms with E-state index in [2.05, 4.69) is 10.6 Å². The summed E-state index contributed by atoms with van der Waals surface area (Å²) in [6.45, 7) is 4.10. The Morgan fingerprint density at radius 1 is 0.741 bits per heavy atom. The van der Waals surface area contributed by atoms with E-state index >= 15 is 0 Å². The second-order valence-corrected chi connectivity index (χ2v) is 8.07. The maximum atomic E-state index is 11.9. The molecule has 148 valence electrons. The standard InChI is InChI=1S/C17H24N4O6/c1-17(2)26-11-3-9(20-5-13(22)18-14(23)6-20)10(4-12(11)27-17)21-7-15(24)19-16(25)8-21/h9-12H,3-8H2,1-2H3,(H,18,22,23)(H,19,24,25). The molecule has 0 aromatic rings. The number of hydrogen-bond acceptors (Lipinski definition) is 8. The molecule has 0 aromatic carbocycles. The van der Waals surface area contributed by atoms with Crippen LogP contribution in [-0.4, -0.2) is 89.7 Å². The number of ether oxygens (including phenoxy) is 2. The van der Waals surface area contributed by atoms with Crippen LogP contribution in [0.2, 0.25) is 0 Å². The van der Waals surface area contributed by atoms with Crippen molar-refractivity contribution < 1.29 is 28.7 Å². The molecule has 4 fully saturated rings. The summed E-state index contributed by atoms with van der Waals surface area (Å²) in [6, 6.07) is -0.394. The monoisotopic (exact) mass is 380 g/mol. The third-order valence-corrected chi connectivity index (χ3v) is 5.56. The van der Waals surface area contributed by atoms with E-state index in [0.29, 0.717) is 12.8 Å². The summed E-state index contributed by atoms with van der Waals surface area (Å²) in [5, 5.41) is 4.62. The molecule has 2 N–H and O–H groups in total. The van der Waals surface area contributed by atoms with E-state index in [1.807, 2.05) is 23.6 Å². The lowest BCUT2D eigenvalue weighted by molar-refractivity contribution is -0.146. The first-order chi connectivity index (χ1) is 12.7. The SMILES string of the molecule is CC1(C)OC2CC(N3CC(=O)NC(=O)C3)C(N3CC(=O)NC(=O)C3)CC2O1. The van der Waals surface area contributed by atoms with Crippen molar-refractivity contribution in [2.45, 2.75) is 56.8 Å². The smallest absolute Gasteiger partial charge is 0.240 e. The van der Waals surface area contributed by atoms with Crippen LogP contribution in [0, 0.1) is 0 Å². The van der Waals surface area contributed by atoms with E-state index in [4.69, 9.17) is 9.47 Å². The third-order valence-electron chi connectivity index (χ3n) is 5.56. The number of nitrogens with zero attached hydrogens (tertiary/aromatic N) is 2. The normalized spacial score (nSPS) is 37.7. The number of carbonyl (C=O) groups excluding carboxylic acids is 4. The van der Waals surface area contributed by atoms with Gasteiger partial charge in [-0.05, 0) is 26.7 Å². The Morgan fingerprint density at radius 2 is 1.07 bits per heavy atom. The fraction of sp³-hybridized carbons (Fsp3) is 0.765. The van der Waals surface area contributed by atoms with Crippen LogP contribution in [0.4, 0.5) is 0 Å². The van der Waals surface area contributed by atoms with Crippen molar-refractivity contribution in [2.75, 3.05) is 26.2 Å². The Morgan fingerprint density at radius 3 is 1.41 bits per heavy atom. The maximum Gasteiger partial charge on any atom is 0.240 e. The molecule has 10 heteroatoms. The number of rotatable bonds is 2. The number of piperazine rings is 2. The number of nitrogens with one attached hydrogen (secondary N) is 2. The molecule has 4 rings (SSSR count). The molecule has 0 bridgehead atoms. The highest BCUT2D eigenvalue weighted by Gasteiger charge is 2.51. The summed E-state index contributed by atoms with van der Waals surface area (Å²) in [7, 11) is 0. The van der Waals surface area contributed by atoms with Gasteiger partial charge in [-0.3, -0.25) is 39.6 Å². The van der Waals surface area contributed by atoms with Crippen molar-refractivity contribution in [1.29, 1.82) is 0 Å². The van der Waals surface area contributed by atoms with Crippen LogP contribution < -0.4 is 10.6 Å². The van der Waals surface area contributed by atoms with Crippen LogP contribution in [0.5, 0.6) is 0 Å². The number of fused-ring (bicyclic) bond motifs is 1. The predicted molar refractivity (Wildman–Crippen MR) is 90.1 cm³/mol. The van der Waals surface area contributed by atoms with Crippen LogP contribution in [0.15, 0.2) is 0 Å². The van der Waals surface area contributed by atoms with Gasteiger partial charge in [0.05, 0.1) is 38.4 Å². The molecule has 0 spiro atoms. The van der Waals surface area contributed by atoms with Gasteiger partial charge in [-0.1, -0.05) is 0 Å². The Labute approximate surface area is 156 Å². The van der Waals surface area contributed by atoms with Gasteiger partial charge in [-0.2, -0.15) is 0 Å². The number of hydrogen-bond donors (Lipinski definition) is 2. The second kappa shape index (κ2) is 6.62. The average molecular weight is 380 g/mol.